The molecule has 6 nitrogen and oxygen atoms in total. The van der Waals surface area contributed by atoms with Crippen LogP contribution in [0.4, 0.5) is 0 Å². The van der Waals surface area contributed by atoms with Gasteiger partial charge >= 0.3 is 0 Å². The van der Waals surface area contributed by atoms with Gasteiger partial charge in [-0.25, -0.2) is 0 Å². The third-order valence-corrected chi connectivity index (χ3v) is 5.13. The van der Waals surface area contributed by atoms with Crippen LogP contribution in [0.2, 0.25) is 0 Å². The summed E-state index contributed by atoms with van der Waals surface area (Å²) in [6.45, 7) is 3.99. The maximum absolute atomic E-state index is 12.4. The van der Waals surface area contributed by atoms with Gasteiger partial charge in [-0.1, -0.05) is 6.07 Å². The normalized spacial score (nSPS) is 20.1. The van der Waals surface area contributed by atoms with E-state index in [1.165, 1.54) is 5.56 Å². The van der Waals surface area contributed by atoms with Crippen LogP contribution < -0.4 is 10.1 Å². The summed E-state index contributed by atoms with van der Waals surface area (Å²) in [4.78, 5) is 28.2. The molecule has 0 atom stereocenters. The number of rotatable bonds is 5. The summed E-state index contributed by atoms with van der Waals surface area (Å²) in [5, 5.41) is 3.01. The van der Waals surface area contributed by atoms with Crippen molar-refractivity contribution in [1.29, 1.82) is 0 Å². The number of amides is 2. The van der Waals surface area contributed by atoms with Gasteiger partial charge in [-0.3, -0.25) is 14.5 Å². The first-order valence-corrected chi connectivity index (χ1v) is 9.42. The van der Waals surface area contributed by atoms with Crippen molar-refractivity contribution in [3.8, 4) is 5.75 Å². The summed E-state index contributed by atoms with van der Waals surface area (Å²) in [5.41, 5.74) is 2.23. The third kappa shape index (κ3) is 4.25. The molecule has 1 saturated carbocycles. The standard InChI is InChI=1S/C20H25N3O3/c24-19(21-17-3-4-17)14-22-8-10-23(11-9-22)20(25)6-2-15-1-5-18-16(13-15)7-12-26-18/h1-2,5-6,13,17H,3-4,7-12,14H2,(H,21,24)/b6-2+. The average Bonchev–Trinajstić information content (AvgIpc) is 3.33. The Hall–Kier alpha value is -2.34. The predicted octanol–water partition coefficient (Wildman–Crippen LogP) is 1.06. The van der Waals surface area contributed by atoms with Crippen molar-refractivity contribution in [3.63, 3.8) is 0 Å². The SMILES string of the molecule is O=C(CN1CCN(C(=O)/C=C/c2ccc3c(c2)CCO3)CC1)NC1CC1. The fraction of sp³-hybridized carbons (Fsp3) is 0.500. The van der Waals surface area contributed by atoms with Crippen molar-refractivity contribution < 1.29 is 14.3 Å². The highest BCUT2D eigenvalue weighted by Crippen LogP contribution is 2.26. The lowest BCUT2D eigenvalue weighted by molar-refractivity contribution is -0.128. The first-order valence-electron chi connectivity index (χ1n) is 9.42. The van der Waals surface area contributed by atoms with Crippen LogP contribution >= 0.6 is 0 Å². The van der Waals surface area contributed by atoms with Gasteiger partial charge in [0, 0.05) is 44.7 Å². The van der Waals surface area contributed by atoms with E-state index in [-0.39, 0.29) is 11.8 Å². The first-order chi connectivity index (χ1) is 12.7. The molecule has 0 radical (unpaired) electrons. The van der Waals surface area contributed by atoms with Crippen LogP contribution in [0, 0.1) is 0 Å². The van der Waals surface area contributed by atoms with Gasteiger partial charge in [0.1, 0.15) is 5.75 Å². The van der Waals surface area contributed by atoms with Crippen LogP contribution in [0.3, 0.4) is 0 Å². The Kier molecular flexibility index (Phi) is 4.93. The van der Waals surface area contributed by atoms with Crippen LogP contribution in [-0.2, 0) is 16.0 Å². The Morgan fingerprint density at radius 3 is 2.77 bits per heavy atom. The summed E-state index contributed by atoms with van der Waals surface area (Å²) in [6, 6.07) is 6.44. The second kappa shape index (κ2) is 7.50. The van der Waals surface area contributed by atoms with Gasteiger partial charge in [0.15, 0.2) is 0 Å². The van der Waals surface area contributed by atoms with Gasteiger partial charge in [0.05, 0.1) is 13.2 Å². The van der Waals surface area contributed by atoms with E-state index in [1.54, 1.807) is 6.08 Å². The smallest absolute Gasteiger partial charge is 0.246 e. The van der Waals surface area contributed by atoms with E-state index in [2.05, 4.69) is 16.3 Å². The number of hydrogen-bond donors (Lipinski definition) is 1. The highest BCUT2D eigenvalue weighted by Gasteiger charge is 2.25. The second-order valence-corrected chi connectivity index (χ2v) is 7.24. The number of nitrogens with one attached hydrogen (secondary N) is 1. The molecule has 0 aromatic heterocycles. The molecule has 2 aliphatic heterocycles. The molecule has 1 saturated heterocycles. The Balaban J connectivity index is 1.24. The molecule has 0 spiro atoms. The van der Waals surface area contributed by atoms with Gasteiger partial charge in [-0.2, -0.15) is 0 Å². The summed E-state index contributed by atoms with van der Waals surface area (Å²) in [6.07, 6.45) is 6.67. The van der Waals surface area contributed by atoms with Crippen LogP contribution in [-0.4, -0.2) is 67.0 Å². The molecule has 1 aliphatic carbocycles. The molecular formula is C20H25N3O3. The molecule has 138 valence electrons. The van der Waals surface area contributed by atoms with Crippen LogP contribution in [0.1, 0.15) is 24.0 Å². The molecule has 4 rings (SSSR count). The number of piperazine rings is 1. The number of hydrogen-bond acceptors (Lipinski definition) is 4. The molecule has 3 aliphatic rings. The van der Waals surface area contributed by atoms with E-state index in [9.17, 15) is 9.59 Å². The fourth-order valence-electron chi connectivity index (χ4n) is 3.41. The van der Waals surface area contributed by atoms with Crippen LogP contribution in [0.15, 0.2) is 24.3 Å². The van der Waals surface area contributed by atoms with Crippen molar-refractivity contribution in [3.05, 3.63) is 35.4 Å². The summed E-state index contributed by atoms with van der Waals surface area (Å²) in [5.74, 6) is 1.09. The molecule has 2 heterocycles. The number of carbonyl (C=O) groups excluding carboxylic acids is 2. The summed E-state index contributed by atoms with van der Waals surface area (Å²) < 4.78 is 5.50. The highest BCUT2D eigenvalue weighted by molar-refractivity contribution is 5.92. The first kappa shape index (κ1) is 17.1. The van der Waals surface area contributed by atoms with Gasteiger partial charge in [0.25, 0.3) is 0 Å². The maximum atomic E-state index is 12.4. The molecule has 1 aromatic carbocycles. The van der Waals surface area contributed by atoms with Crippen molar-refractivity contribution in [2.75, 3.05) is 39.3 Å². The summed E-state index contributed by atoms with van der Waals surface area (Å²) in [7, 11) is 0. The Labute approximate surface area is 153 Å². The molecule has 2 fully saturated rings. The average molecular weight is 355 g/mol. The highest BCUT2D eigenvalue weighted by atomic mass is 16.5. The molecule has 1 aromatic rings. The Bertz CT molecular complexity index is 719. The van der Waals surface area contributed by atoms with Gasteiger partial charge in [-0.05, 0) is 42.2 Å². The van der Waals surface area contributed by atoms with E-state index >= 15 is 0 Å². The zero-order valence-corrected chi connectivity index (χ0v) is 14.9. The van der Waals surface area contributed by atoms with Crippen LogP contribution in [0.5, 0.6) is 5.75 Å². The number of carbonyl (C=O) groups is 2. The third-order valence-electron chi connectivity index (χ3n) is 5.13. The number of nitrogens with zero attached hydrogens (tertiary/aromatic N) is 2. The minimum absolute atomic E-state index is 0.0313. The van der Waals surface area contributed by atoms with E-state index in [1.807, 2.05) is 23.1 Å². The molecule has 2 amide bonds. The van der Waals surface area contributed by atoms with E-state index in [0.717, 1.165) is 50.3 Å². The molecule has 0 bridgehead atoms. The van der Waals surface area contributed by atoms with Gasteiger partial charge < -0.3 is 15.0 Å². The monoisotopic (exact) mass is 355 g/mol. The minimum Gasteiger partial charge on any atom is -0.493 e. The second-order valence-electron chi connectivity index (χ2n) is 7.24. The number of benzene rings is 1. The molecule has 1 N–H and O–H groups in total. The van der Waals surface area contributed by atoms with Gasteiger partial charge in [-0.15, -0.1) is 0 Å². The van der Waals surface area contributed by atoms with E-state index in [4.69, 9.17) is 4.74 Å². The lowest BCUT2D eigenvalue weighted by Crippen LogP contribution is -2.51. The summed E-state index contributed by atoms with van der Waals surface area (Å²) >= 11 is 0. The maximum Gasteiger partial charge on any atom is 0.246 e. The zero-order chi connectivity index (χ0) is 17.9. The molecular weight excluding hydrogens is 330 g/mol. The zero-order valence-electron chi connectivity index (χ0n) is 14.9. The van der Waals surface area contributed by atoms with E-state index < -0.39 is 0 Å². The van der Waals surface area contributed by atoms with Gasteiger partial charge in [0.2, 0.25) is 11.8 Å². The van der Waals surface area contributed by atoms with Crippen molar-refractivity contribution in [1.82, 2.24) is 15.1 Å². The van der Waals surface area contributed by atoms with E-state index in [0.29, 0.717) is 25.7 Å². The predicted molar refractivity (Wildman–Crippen MR) is 98.9 cm³/mol. The molecule has 0 unspecified atom stereocenters. The topological polar surface area (TPSA) is 61.9 Å². The lowest BCUT2D eigenvalue weighted by Gasteiger charge is -2.33. The Morgan fingerprint density at radius 2 is 2.00 bits per heavy atom. The number of fused-ring (bicyclic) bond motifs is 1. The van der Waals surface area contributed by atoms with Crippen LogP contribution in [0.25, 0.3) is 6.08 Å². The lowest BCUT2D eigenvalue weighted by atomic mass is 10.1. The quantitative estimate of drug-likeness (QED) is 0.803. The Morgan fingerprint density at radius 1 is 1.19 bits per heavy atom. The minimum atomic E-state index is 0.0313. The van der Waals surface area contributed by atoms with Crippen molar-refractivity contribution in [2.24, 2.45) is 0 Å². The van der Waals surface area contributed by atoms with Crippen molar-refractivity contribution in [2.45, 2.75) is 25.3 Å². The van der Waals surface area contributed by atoms with Crippen molar-refractivity contribution >= 4 is 17.9 Å². The number of ether oxygens (including phenoxy) is 1. The largest absolute Gasteiger partial charge is 0.493 e. The molecule has 26 heavy (non-hydrogen) atoms. The fourth-order valence-corrected chi connectivity index (χ4v) is 3.41. The molecule has 6 heteroatoms.